The minimum absolute atomic E-state index is 0.0105. The van der Waals surface area contributed by atoms with Crippen molar-refractivity contribution in [3.05, 3.63) is 11.9 Å². The predicted molar refractivity (Wildman–Crippen MR) is 73.5 cm³/mol. The number of nitrogens with zero attached hydrogens (tertiary/aromatic N) is 2. The van der Waals surface area contributed by atoms with Gasteiger partial charge in [0.2, 0.25) is 5.91 Å². The Morgan fingerprint density at radius 2 is 2.26 bits per heavy atom. The summed E-state index contributed by atoms with van der Waals surface area (Å²) in [4.78, 5) is 12.5. The zero-order chi connectivity index (χ0) is 13.6. The van der Waals surface area contributed by atoms with Crippen molar-refractivity contribution >= 4 is 11.6 Å². The van der Waals surface area contributed by atoms with E-state index in [0.29, 0.717) is 11.8 Å². The van der Waals surface area contributed by atoms with E-state index in [1.54, 1.807) is 4.68 Å². The highest BCUT2D eigenvalue weighted by molar-refractivity contribution is 5.94. The predicted octanol–water partition coefficient (Wildman–Crippen LogP) is 1.29. The molecule has 5 nitrogen and oxygen atoms in total. The van der Waals surface area contributed by atoms with E-state index >= 15 is 0 Å². The van der Waals surface area contributed by atoms with Crippen LogP contribution >= 0.6 is 0 Å². The fraction of sp³-hybridized carbons (Fsp3) is 0.714. The lowest BCUT2D eigenvalue weighted by atomic mass is 9.84. The van der Waals surface area contributed by atoms with Crippen LogP contribution in [-0.4, -0.2) is 21.7 Å². The molecule has 0 spiro atoms. The second kappa shape index (κ2) is 4.63. The quantitative estimate of drug-likeness (QED) is 0.862. The van der Waals surface area contributed by atoms with Gasteiger partial charge in [0.25, 0.3) is 0 Å². The largest absolute Gasteiger partial charge is 0.327 e. The van der Waals surface area contributed by atoms with Gasteiger partial charge in [0, 0.05) is 19.3 Å². The van der Waals surface area contributed by atoms with Gasteiger partial charge in [-0.1, -0.05) is 6.92 Å². The number of anilines is 1. The fourth-order valence-corrected chi connectivity index (χ4v) is 3.84. The van der Waals surface area contributed by atoms with Gasteiger partial charge < -0.3 is 11.1 Å². The van der Waals surface area contributed by atoms with E-state index in [9.17, 15) is 4.79 Å². The molecule has 5 heteroatoms. The normalized spacial score (nSPS) is 32.8. The van der Waals surface area contributed by atoms with E-state index in [1.165, 1.54) is 6.42 Å². The number of carbonyl (C=O) groups excluding carboxylic acids is 1. The van der Waals surface area contributed by atoms with E-state index in [2.05, 4.69) is 10.4 Å². The third kappa shape index (κ3) is 2.06. The van der Waals surface area contributed by atoms with Crippen molar-refractivity contribution in [3.63, 3.8) is 0 Å². The van der Waals surface area contributed by atoms with Crippen LogP contribution in [0, 0.1) is 17.8 Å². The molecule has 3 N–H and O–H groups in total. The molecule has 0 aromatic carbocycles. The van der Waals surface area contributed by atoms with Crippen LogP contribution in [-0.2, 0) is 18.3 Å². The van der Waals surface area contributed by atoms with Crippen LogP contribution in [0.5, 0.6) is 0 Å². The SMILES string of the molecule is CCc1nn(C)cc1NC(=O)C1C2CCC(C2)C1N. The van der Waals surface area contributed by atoms with Gasteiger partial charge in [0.05, 0.1) is 17.3 Å². The molecule has 2 aliphatic rings. The molecule has 2 aliphatic carbocycles. The average molecular weight is 262 g/mol. The zero-order valence-corrected chi connectivity index (χ0v) is 11.6. The van der Waals surface area contributed by atoms with E-state index in [4.69, 9.17) is 5.73 Å². The van der Waals surface area contributed by atoms with Gasteiger partial charge in [-0.15, -0.1) is 0 Å². The van der Waals surface area contributed by atoms with Crippen LogP contribution in [0.15, 0.2) is 6.20 Å². The molecule has 1 aromatic rings. The van der Waals surface area contributed by atoms with E-state index < -0.39 is 0 Å². The van der Waals surface area contributed by atoms with Crippen molar-refractivity contribution in [1.82, 2.24) is 9.78 Å². The van der Waals surface area contributed by atoms with Crippen LogP contribution in [0.2, 0.25) is 0 Å². The minimum atomic E-state index is -0.0105. The number of carbonyl (C=O) groups is 1. The summed E-state index contributed by atoms with van der Waals surface area (Å²) in [5.41, 5.74) is 7.99. The van der Waals surface area contributed by atoms with Gasteiger partial charge in [-0.3, -0.25) is 9.48 Å². The third-order valence-corrected chi connectivity index (χ3v) is 4.78. The molecule has 3 rings (SSSR count). The molecule has 19 heavy (non-hydrogen) atoms. The number of nitrogens with one attached hydrogen (secondary N) is 1. The first-order valence-corrected chi connectivity index (χ1v) is 7.19. The fourth-order valence-electron chi connectivity index (χ4n) is 3.84. The molecule has 1 aromatic heterocycles. The first-order valence-electron chi connectivity index (χ1n) is 7.19. The van der Waals surface area contributed by atoms with Crippen LogP contribution in [0.25, 0.3) is 0 Å². The molecular formula is C14H22N4O. The van der Waals surface area contributed by atoms with Crippen molar-refractivity contribution in [2.24, 2.45) is 30.5 Å². The van der Waals surface area contributed by atoms with Crippen molar-refractivity contribution in [2.75, 3.05) is 5.32 Å². The van der Waals surface area contributed by atoms with Crippen LogP contribution in [0.3, 0.4) is 0 Å². The molecule has 1 amide bonds. The molecular weight excluding hydrogens is 240 g/mol. The summed E-state index contributed by atoms with van der Waals surface area (Å²) in [5.74, 6) is 1.12. The van der Waals surface area contributed by atoms with Gasteiger partial charge in [0.15, 0.2) is 0 Å². The maximum Gasteiger partial charge on any atom is 0.229 e. The summed E-state index contributed by atoms with van der Waals surface area (Å²) in [7, 11) is 1.87. The molecule has 2 fully saturated rings. The zero-order valence-electron chi connectivity index (χ0n) is 11.6. The second-order valence-electron chi connectivity index (χ2n) is 5.94. The van der Waals surface area contributed by atoms with Crippen LogP contribution in [0.4, 0.5) is 5.69 Å². The van der Waals surface area contributed by atoms with Crippen molar-refractivity contribution in [2.45, 2.75) is 38.6 Å². The average Bonchev–Trinajstić information content (AvgIpc) is 3.03. The van der Waals surface area contributed by atoms with Crippen LogP contribution in [0.1, 0.15) is 31.9 Å². The van der Waals surface area contributed by atoms with Crippen molar-refractivity contribution in [3.8, 4) is 0 Å². The summed E-state index contributed by atoms with van der Waals surface area (Å²) in [6.07, 6.45) is 6.18. The summed E-state index contributed by atoms with van der Waals surface area (Å²) in [5, 5.41) is 7.38. The number of hydrogen-bond donors (Lipinski definition) is 2. The Morgan fingerprint density at radius 3 is 2.89 bits per heavy atom. The summed E-state index contributed by atoms with van der Waals surface area (Å²) in [6, 6.07) is 0.0421. The maximum atomic E-state index is 12.5. The molecule has 104 valence electrons. The first-order chi connectivity index (χ1) is 9.10. The van der Waals surface area contributed by atoms with Gasteiger partial charge in [-0.2, -0.15) is 5.10 Å². The van der Waals surface area contributed by atoms with Crippen LogP contribution < -0.4 is 11.1 Å². The number of hydrogen-bond acceptors (Lipinski definition) is 3. The second-order valence-corrected chi connectivity index (χ2v) is 5.94. The van der Waals surface area contributed by atoms with Gasteiger partial charge in [0.1, 0.15) is 0 Å². The number of aromatic nitrogens is 2. The Balaban J connectivity index is 1.74. The molecule has 1 heterocycles. The molecule has 4 unspecified atom stereocenters. The number of rotatable bonds is 3. The van der Waals surface area contributed by atoms with Gasteiger partial charge >= 0.3 is 0 Å². The highest BCUT2D eigenvalue weighted by atomic mass is 16.2. The minimum Gasteiger partial charge on any atom is -0.327 e. The Hall–Kier alpha value is -1.36. The molecule has 2 saturated carbocycles. The lowest BCUT2D eigenvalue weighted by Crippen LogP contribution is -2.42. The summed E-state index contributed by atoms with van der Waals surface area (Å²) >= 11 is 0. The molecule has 0 radical (unpaired) electrons. The molecule has 0 saturated heterocycles. The summed E-state index contributed by atoms with van der Waals surface area (Å²) in [6.45, 7) is 2.04. The Morgan fingerprint density at radius 1 is 1.53 bits per heavy atom. The van der Waals surface area contributed by atoms with E-state index in [-0.39, 0.29) is 17.9 Å². The highest BCUT2D eigenvalue weighted by Crippen LogP contribution is 2.47. The maximum absolute atomic E-state index is 12.5. The lowest BCUT2D eigenvalue weighted by molar-refractivity contribution is -0.121. The highest BCUT2D eigenvalue weighted by Gasteiger charge is 2.49. The smallest absolute Gasteiger partial charge is 0.229 e. The standard InChI is InChI=1S/C14H22N4O/c1-3-10-11(7-18(2)17-10)16-14(19)12-8-4-5-9(6-8)13(12)15/h7-9,12-13H,3-6,15H2,1-2H3,(H,16,19). The first kappa shape index (κ1) is 12.7. The van der Waals surface area contributed by atoms with E-state index in [1.807, 2.05) is 20.2 Å². The number of fused-ring (bicyclic) bond motifs is 2. The monoisotopic (exact) mass is 262 g/mol. The van der Waals surface area contributed by atoms with E-state index in [0.717, 1.165) is 30.6 Å². The van der Waals surface area contributed by atoms with Gasteiger partial charge in [-0.05, 0) is 37.5 Å². The number of aryl methyl sites for hydroxylation is 2. The molecule has 4 atom stereocenters. The number of nitrogens with two attached hydrogens (primary N) is 1. The number of amides is 1. The Bertz CT molecular complexity index is 494. The molecule has 2 bridgehead atoms. The third-order valence-electron chi connectivity index (χ3n) is 4.78. The molecule has 0 aliphatic heterocycles. The topological polar surface area (TPSA) is 72.9 Å². The summed E-state index contributed by atoms with van der Waals surface area (Å²) < 4.78 is 1.75. The lowest BCUT2D eigenvalue weighted by Gasteiger charge is -2.26. The Kier molecular flexibility index (Phi) is 3.09. The van der Waals surface area contributed by atoms with Gasteiger partial charge in [-0.25, -0.2) is 0 Å². The Labute approximate surface area is 113 Å². The van der Waals surface area contributed by atoms with Crippen molar-refractivity contribution < 1.29 is 4.79 Å². The van der Waals surface area contributed by atoms with Crippen molar-refractivity contribution in [1.29, 1.82) is 0 Å².